The Bertz CT molecular complexity index is 2020. The van der Waals surface area contributed by atoms with Crippen molar-refractivity contribution >= 4 is 27.5 Å². The van der Waals surface area contributed by atoms with Crippen molar-refractivity contribution in [2.24, 2.45) is 11.3 Å². The Labute approximate surface area is 275 Å². The number of ether oxygens (including phenoxy) is 2. The second-order valence-corrected chi connectivity index (χ2v) is 13.3. The van der Waals surface area contributed by atoms with Gasteiger partial charge in [-0.15, -0.1) is 6.42 Å². The van der Waals surface area contributed by atoms with Crippen LogP contribution in [0.25, 0.3) is 32.9 Å². The number of phenols is 1. The van der Waals surface area contributed by atoms with Crippen LogP contribution < -0.4 is 19.7 Å². The normalized spacial score (nSPS) is 25.7. The van der Waals surface area contributed by atoms with Crippen LogP contribution >= 0.6 is 0 Å². The van der Waals surface area contributed by atoms with E-state index in [2.05, 4.69) is 26.1 Å². The van der Waals surface area contributed by atoms with E-state index in [1.807, 2.05) is 18.9 Å². The fraction of sp³-hybridized carbons (Fsp3) is 0.457. The van der Waals surface area contributed by atoms with Crippen LogP contribution in [-0.4, -0.2) is 90.6 Å². The maximum absolute atomic E-state index is 17.2. The van der Waals surface area contributed by atoms with Crippen LogP contribution in [0.15, 0.2) is 24.3 Å². The van der Waals surface area contributed by atoms with E-state index in [4.69, 9.17) is 25.0 Å². The number of aromatic hydroxyl groups is 1. The fourth-order valence-corrected chi connectivity index (χ4v) is 7.58. The summed E-state index contributed by atoms with van der Waals surface area (Å²) >= 11 is 0. The number of terminal acetylenes is 1. The molecular weight excluding hydrogens is 609 g/mol. The van der Waals surface area contributed by atoms with Crippen LogP contribution in [0, 0.1) is 35.3 Å². The number of piperidine rings is 1. The van der Waals surface area contributed by atoms with Gasteiger partial charge >= 0.3 is 6.01 Å². The Hall–Kier alpha value is -4.34. The quantitative estimate of drug-likeness (QED) is 0.266. The zero-order chi connectivity index (χ0) is 35.5. The van der Waals surface area contributed by atoms with Crippen molar-refractivity contribution in [3.63, 3.8) is 0 Å². The van der Waals surface area contributed by atoms with Gasteiger partial charge in [0.15, 0.2) is 5.82 Å². The number of alkyl halides is 1. The minimum absolute atomic E-state index is 0.0316. The van der Waals surface area contributed by atoms with Crippen molar-refractivity contribution < 1.29 is 31.9 Å². The van der Waals surface area contributed by atoms with Crippen molar-refractivity contribution in [1.29, 1.82) is 0 Å². The number of likely N-dealkylation sites (tertiary alicyclic amines) is 1. The van der Waals surface area contributed by atoms with Gasteiger partial charge < -0.3 is 29.7 Å². The number of rotatable bonds is 7. The molecule has 0 aliphatic carbocycles. The summed E-state index contributed by atoms with van der Waals surface area (Å²) in [5.74, 6) is -0.365. The summed E-state index contributed by atoms with van der Waals surface area (Å²) < 4.78 is 81.9. The summed E-state index contributed by atoms with van der Waals surface area (Å²) in [5, 5.41) is 14.5. The highest BCUT2D eigenvalue weighted by atomic mass is 19.1. The Morgan fingerprint density at radius 2 is 1.94 bits per heavy atom. The predicted octanol–water partition coefficient (Wildman–Crippen LogP) is 5.07. The molecule has 12 heteroatoms. The number of methoxy groups -OCH3 is 1. The molecular formula is C35H37F3N6O3. The topological polar surface area (TPSA) is 95.9 Å². The van der Waals surface area contributed by atoms with E-state index in [-0.39, 0.29) is 69.6 Å². The number of piperazine rings is 1. The Balaban J connectivity index is 1.47. The summed E-state index contributed by atoms with van der Waals surface area (Å²) in [5.41, 5.74) is -1.75. The van der Waals surface area contributed by atoms with Gasteiger partial charge in [-0.2, -0.15) is 9.97 Å². The molecule has 9 nitrogen and oxygen atoms in total. The largest absolute Gasteiger partial charge is 0.508 e. The highest BCUT2D eigenvalue weighted by Gasteiger charge is 2.40. The third-order valence-electron chi connectivity index (χ3n) is 9.97. The molecule has 4 atom stereocenters. The van der Waals surface area contributed by atoms with Gasteiger partial charge in [-0.25, -0.2) is 13.8 Å². The third-order valence-corrected chi connectivity index (χ3v) is 9.97. The van der Waals surface area contributed by atoms with E-state index < -0.39 is 42.3 Å². The molecule has 2 aromatic carbocycles. The molecule has 4 aromatic rings. The van der Waals surface area contributed by atoms with Crippen molar-refractivity contribution in [3.8, 4) is 41.2 Å². The number of halogens is 3. The standard InChI is InChI=1S/C35H37F3N6O3/c1-5-24-26(37)9-6-19-12-23(45)13-25(27(19)24)30-29(38)31-28(33(40-30)46-4)32(44-15-21-7-8-22(16-44)39-21)42-34(41-31)47-18-35(2)17-43(3)11-10-20(35)14-36/h1,6,9,12-13,20-22,39,45H,7-8,10-11,14-18H2,2-4H3/t20-,21-,22+,35+/m1/s1/i4D3. The van der Waals surface area contributed by atoms with Gasteiger partial charge in [0.1, 0.15) is 34.0 Å². The lowest BCUT2D eigenvalue weighted by Gasteiger charge is -2.43. The van der Waals surface area contributed by atoms with Crippen molar-refractivity contribution in [2.45, 2.75) is 38.3 Å². The first-order valence-corrected chi connectivity index (χ1v) is 15.7. The van der Waals surface area contributed by atoms with Crippen LogP contribution in [0.5, 0.6) is 17.6 Å². The number of benzene rings is 2. The first-order chi connectivity index (χ1) is 23.8. The van der Waals surface area contributed by atoms with E-state index in [1.54, 1.807) is 0 Å². The summed E-state index contributed by atoms with van der Waals surface area (Å²) in [6.45, 7) is 3.70. The SMILES string of the molecule is [2H]C([2H])([2H])Oc1nc(-c2cc(O)cc3ccc(F)c(C#C)c23)c(F)c2nc(OC[C@]3(C)CN(C)CC[C@@H]3CF)nc(N3C[C@H]4CC[C@@H](C3)N4)c12. The van der Waals surface area contributed by atoms with Crippen molar-refractivity contribution in [3.05, 3.63) is 41.5 Å². The molecule has 0 amide bonds. The molecule has 3 saturated heterocycles. The van der Waals surface area contributed by atoms with E-state index >= 15 is 8.78 Å². The maximum atomic E-state index is 17.2. The van der Waals surface area contributed by atoms with Crippen molar-refractivity contribution in [2.75, 3.05) is 58.4 Å². The summed E-state index contributed by atoms with van der Waals surface area (Å²) in [6.07, 6.45) is 8.15. The highest BCUT2D eigenvalue weighted by molar-refractivity contribution is 6.04. The number of fused-ring (bicyclic) bond motifs is 4. The lowest BCUT2D eigenvalue weighted by Crippen LogP contribution is -2.51. The molecule has 7 rings (SSSR count). The fourth-order valence-electron chi connectivity index (χ4n) is 7.58. The van der Waals surface area contributed by atoms with Crippen molar-refractivity contribution in [1.82, 2.24) is 25.2 Å². The number of nitrogens with zero attached hydrogens (tertiary/aromatic N) is 5. The number of hydrogen-bond acceptors (Lipinski definition) is 9. The molecule has 47 heavy (non-hydrogen) atoms. The molecule has 3 fully saturated rings. The number of hydrogen-bond donors (Lipinski definition) is 2. The molecule has 0 unspecified atom stereocenters. The molecule has 2 N–H and O–H groups in total. The summed E-state index contributed by atoms with van der Waals surface area (Å²) in [4.78, 5) is 17.6. The predicted molar refractivity (Wildman–Crippen MR) is 174 cm³/mol. The molecule has 0 spiro atoms. The minimum atomic E-state index is -3.02. The minimum Gasteiger partial charge on any atom is -0.508 e. The first kappa shape index (κ1) is 27.7. The van der Waals surface area contributed by atoms with E-state index in [1.165, 1.54) is 18.2 Å². The van der Waals surface area contributed by atoms with E-state index in [0.29, 0.717) is 31.4 Å². The average Bonchev–Trinajstić information content (AvgIpc) is 3.40. The lowest BCUT2D eigenvalue weighted by atomic mass is 9.73. The Morgan fingerprint density at radius 1 is 1.15 bits per heavy atom. The van der Waals surface area contributed by atoms with Gasteiger partial charge in [0.2, 0.25) is 5.88 Å². The molecule has 0 saturated carbocycles. The van der Waals surface area contributed by atoms with Gasteiger partial charge in [-0.3, -0.25) is 4.39 Å². The van der Waals surface area contributed by atoms with Gasteiger partial charge in [0, 0.05) is 48.1 Å². The smallest absolute Gasteiger partial charge is 0.319 e. The second-order valence-electron chi connectivity index (χ2n) is 13.3. The van der Waals surface area contributed by atoms with Gasteiger partial charge in [0.25, 0.3) is 0 Å². The maximum Gasteiger partial charge on any atom is 0.319 e. The zero-order valence-corrected chi connectivity index (χ0v) is 26.1. The van der Waals surface area contributed by atoms with Crippen LogP contribution in [0.4, 0.5) is 19.0 Å². The van der Waals surface area contributed by atoms with Gasteiger partial charge in [-0.1, -0.05) is 18.9 Å². The molecule has 2 aromatic heterocycles. The van der Waals surface area contributed by atoms with Crippen LogP contribution in [0.3, 0.4) is 0 Å². The summed E-state index contributed by atoms with van der Waals surface area (Å²) in [6, 6.07) is 5.07. The number of aromatic nitrogens is 3. The third kappa shape index (κ3) is 5.45. The lowest BCUT2D eigenvalue weighted by molar-refractivity contribution is 0.000321. The number of anilines is 1. The molecule has 0 radical (unpaired) electrons. The van der Waals surface area contributed by atoms with Gasteiger partial charge in [-0.05, 0) is 62.4 Å². The summed E-state index contributed by atoms with van der Waals surface area (Å²) in [7, 11) is -1.07. The Kier molecular flexibility index (Phi) is 7.10. The molecule has 2 bridgehead atoms. The second kappa shape index (κ2) is 12.0. The zero-order valence-electron chi connectivity index (χ0n) is 29.1. The molecule has 5 heterocycles. The van der Waals surface area contributed by atoms with E-state index in [0.717, 1.165) is 25.5 Å². The molecule has 3 aliphatic rings. The number of pyridine rings is 1. The average molecular weight is 650 g/mol. The van der Waals surface area contributed by atoms with E-state index in [9.17, 15) is 9.50 Å². The molecule has 246 valence electrons. The van der Waals surface area contributed by atoms with Crippen LogP contribution in [-0.2, 0) is 0 Å². The number of nitrogens with one attached hydrogen (secondary N) is 1. The Morgan fingerprint density at radius 3 is 2.66 bits per heavy atom. The number of phenolic OH excluding ortho intramolecular Hbond substituents is 1. The van der Waals surface area contributed by atoms with Crippen LogP contribution in [0.2, 0.25) is 0 Å². The highest BCUT2D eigenvalue weighted by Crippen LogP contribution is 2.43. The molecule has 3 aliphatic heterocycles. The monoisotopic (exact) mass is 649 g/mol. The van der Waals surface area contributed by atoms with Crippen LogP contribution in [0.1, 0.15) is 35.9 Å². The first-order valence-electron chi connectivity index (χ1n) is 17.2. The van der Waals surface area contributed by atoms with Gasteiger partial charge in [0.05, 0.1) is 30.0 Å².